The summed E-state index contributed by atoms with van der Waals surface area (Å²) >= 11 is 6.38. The van der Waals surface area contributed by atoms with Crippen molar-refractivity contribution in [2.75, 3.05) is 13.7 Å². The van der Waals surface area contributed by atoms with Crippen molar-refractivity contribution in [3.63, 3.8) is 0 Å². The Morgan fingerprint density at radius 1 is 1.38 bits per heavy atom. The van der Waals surface area contributed by atoms with Crippen molar-refractivity contribution in [1.29, 1.82) is 0 Å². The molecule has 0 amide bonds. The van der Waals surface area contributed by atoms with Crippen LogP contribution in [0.15, 0.2) is 18.2 Å². The summed E-state index contributed by atoms with van der Waals surface area (Å²) in [7, 11) is 1.66. The normalized spacial score (nSPS) is 24.8. The first kappa shape index (κ1) is 16.6. The SMILES string of the molecule is COc1cccc(Cl)c1C(CN)NN1C(C)CCCC1C. The first-order valence-electron chi connectivity index (χ1n) is 7.65. The zero-order valence-corrected chi connectivity index (χ0v) is 13.9. The minimum absolute atomic E-state index is 0.0448. The van der Waals surface area contributed by atoms with Crippen molar-refractivity contribution in [2.24, 2.45) is 5.73 Å². The van der Waals surface area contributed by atoms with Gasteiger partial charge in [-0.05, 0) is 38.8 Å². The molecule has 2 rings (SSSR count). The summed E-state index contributed by atoms with van der Waals surface area (Å²) in [6.07, 6.45) is 3.69. The van der Waals surface area contributed by atoms with Gasteiger partial charge >= 0.3 is 0 Å². The van der Waals surface area contributed by atoms with Gasteiger partial charge in [0.25, 0.3) is 0 Å². The molecule has 1 heterocycles. The molecule has 0 bridgehead atoms. The first-order chi connectivity index (χ1) is 10.1. The maximum atomic E-state index is 6.38. The highest BCUT2D eigenvalue weighted by molar-refractivity contribution is 6.31. The quantitative estimate of drug-likeness (QED) is 0.877. The number of piperidine rings is 1. The number of methoxy groups -OCH3 is 1. The van der Waals surface area contributed by atoms with Gasteiger partial charge in [-0.3, -0.25) is 0 Å². The second-order valence-corrected chi connectivity index (χ2v) is 6.22. The van der Waals surface area contributed by atoms with Crippen LogP contribution in [0.2, 0.25) is 5.02 Å². The molecule has 1 aliphatic heterocycles. The molecule has 1 fully saturated rings. The minimum atomic E-state index is -0.0448. The molecule has 0 radical (unpaired) electrons. The maximum Gasteiger partial charge on any atom is 0.125 e. The third-order valence-electron chi connectivity index (χ3n) is 4.32. The fraction of sp³-hybridized carbons (Fsp3) is 0.625. The first-order valence-corrected chi connectivity index (χ1v) is 8.03. The van der Waals surface area contributed by atoms with Crippen molar-refractivity contribution in [3.8, 4) is 5.75 Å². The Bertz CT molecular complexity index is 459. The number of halogens is 1. The third-order valence-corrected chi connectivity index (χ3v) is 4.65. The van der Waals surface area contributed by atoms with E-state index >= 15 is 0 Å². The number of nitrogens with one attached hydrogen (secondary N) is 1. The Morgan fingerprint density at radius 2 is 2.05 bits per heavy atom. The van der Waals surface area contributed by atoms with E-state index in [1.54, 1.807) is 7.11 Å². The molecular weight excluding hydrogens is 286 g/mol. The second-order valence-electron chi connectivity index (χ2n) is 5.81. The minimum Gasteiger partial charge on any atom is -0.496 e. The van der Waals surface area contributed by atoms with Gasteiger partial charge in [0.2, 0.25) is 0 Å². The fourth-order valence-electron chi connectivity index (χ4n) is 3.12. The molecule has 1 aromatic carbocycles. The Balaban J connectivity index is 2.24. The van der Waals surface area contributed by atoms with Gasteiger partial charge < -0.3 is 10.5 Å². The molecule has 21 heavy (non-hydrogen) atoms. The largest absolute Gasteiger partial charge is 0.496 e. The van der Waals surface area contributed by atoms with E-state index < -0.39 is 0 Å². The van der Waals surface area contributed by atoms with E-state index in [4.69, 9.17) is 22.1 Å². The summed E-state index contributed by atoms with van der Waals surface area (Å²) in [4.78, 5) is 0. The number of ether oxygens (including phenoxy) is 1. The molecule has 3 atom stereocenters. The molecule has 0 aliphatic carbocycles. The molecule has 0 spiro atoms. The fourth-order valence-corrected chi connectivity index (χ4v) is 3.42. The number of rotatable bonds is 5. The van der Waals surface area contributed by atoms with Crippen molar-refractivity contribution in [1.82, 2.24) is 10.4 Å². The molecule has 4 nitrogen and oxygen atoms in total. The van der Waals surface area contributed by atoms with Crippen LogP contribution < -0.4 is 15.9 Å². The van der Waals surface area contributed by atoms with Gasteiger partial charge in [-0.25, -0.2) is 10.4 Å². The molecule has 118 valence electrons. The van der Waals surface area contributed by atoms with Crippen molar-refractivity contribution in [3.05, 3.63) is 28.8 Å². The highest BCUT2D eigenvalue weighted by atomic mass is 35.5. The lowest BCUT2D eigenvalue weighted by atomic mass is 9.99. The molecule has 1 saturated heterocycles. The van der Waals surface area contributed by atoms with E-state index in [1.165, 1.54) is 19.3 Å². The zero-order valence-electron chi connectivity index (χ0n) is 13.1. The average Bonchev–Trinajstić information content (AvgIpc) is 2.47. The van der Waals surface area contributed by atoms with E-state index in [9.17, 15) is 0 Å². The predicted molar refractivity (Wildman–Crippen MR) is 87.5 cm³/mol. The van der Waals surface area contributed by atoms with Gasteiger partial charge in [-0.15, -0.1) is 0 Å². The van der Waals surface area contributed by atoms with Crippen molar-refractivity contribution >= 4 is 11.6 Å². The topological polar surface area (TPSA) is 50.5 Å². The van der Waals surface area contributed by atoms with Crippen LogP contribution in [0.4, 0.5) is 0 Å². The van der Waals surface area contributed by atoms with Crippen LogP contribution in [0.1, 0.15) is 44.7 Å². The molecule has 3 unspecified atom stereocenters. The zero-order chi connectivity index (χ0) is 15.4. The van der Waals surface area contributed by atoms with E-state index in [0.717, 1.165) is 11.3 Å². The maximum absolute atomic E-state index is 6.38. The Morgan fingerprint density at radius 3 is 2.62 bits per heavy atom. The number of nitrogens with zero attached hydrogens (tertiary/aromatic N) is 1. The summed E-state index contributed by atoms with van der Waals surface area (Å²) < 4.78 is 5.45. The standard InChI is InChI=1S/C16H26ClN3O/c1-11-6-4-7-12(2)20(11)19-14(10-18)16-13(17)8-5-9-15(16)21-3/h5,8-9,11-12,14,19H,4,6-7,10,18H2,1-3H3. The van der Waals surface area contributed by atoms with Crippen molar-refractivity contribution < 1.29 is 4.74 Å². The van der Waals surface area contributed by atoms with Gasteiger partial charge in [-0.2, -0.15) is 0 Å². The van der Waals surface area contributed by atoms with Gasteiger partial charge in [0, 0.05) is 29.2 Å². The molecule has 1 aliphatic rings. The molecule has 5 heteroatoms. The summed E-state index contributed by atoms with van der Waals surface area (Å²) in [5, 5.41) is 3.01. The number of hydrogen-bond donors (Lipinski definition) is 2. The molecule has 0 saturated carbocycles. The number of nitrogens with two attached hydrogens (primary N) is 1. The molecule has 1 aromatic rings. The van der Waals surface area contributed by atoms with Gasteiger partial charge in [0.05, 0.1) is 13.2 Å². The highest BCUT2D eigenvalue weighted by Crippen LogP contribution is 2.33. The lowest BCUT2D eigenvalue weighted by Gasteiger charge is -2.41. The van der Waals surface area contributed by atoms with Gasteiger partial charge in [0.1, 0.15) is 5.75 Å². The van der Waals surface area contributed by atoms with Crippen LogP contribution in [0.5, 0.6) is 5.75 Å². The van der Waals surface area contributed by atoms with E-state index in [2.05, 4.69) is 24.3 Å². The van der Waals surface area contributed by atoms with Gasteiger partial charge in [-0.1, -0.05) is 24.1 Å². The van der Waals surface area contributed by atoms with E-state index in [0.29, 0.717) is 23.7 Å². The molecule has 0 aromatic heterocycles. The summed E-state index contributed by atoms with van der Waals surface area (Å²) in [5.74, 6) is 0.780. The summed E-state index contributed by atoms with van der Waals surface area (Å²) in [6.45, 7) is 4.97. The summed E-state index contributed by atoms with van der Waals surface area (Å²) in [5.41, 5.74) is 10.5. The van der Waals surface area contributed by atoms with E-state index in [-0.39, 0.29) is 6.04 Å². The smallest absolute Gasteiger partial charge is 0.125 e. The van der Waals surface area contributed by atoms with Gasteiger partial charge in [0.15, 0.2) is 0 Å². The van der Waals surface area contributed by atoms with Crippen LogP contribution in [0.25, 0.3) is 0 Å². The third kappa shape index (κ3) is 3.69. The van der Waals surface area contributed by atoms with E-state index in [1.807, 2.05) is 18.2 Å². The monoisotopic (exact) mass is 311 g/mol. The number of hydrazine groups is 1. The van der Waals surface area contributed by atoms with Crippen LogP contribution >= 0.6 is 11.6 Å². The Labute approximate surface area is 132 Å². The number of hydrogen-bond acceptors (Lipinski definition) is 4. The van der Waals surface area contributed by atoms with Crippen LogP contribution in [-0.2, 0) is 0 Å². The van der Waals surface area contributed by atoms with Crippen LogP contribution in [-0.4, -0.2) is 30.7 Å². The lowest BCUT2D eigenvalue weighted by Crippen LogP contribution is -2.54. The highest BCUT2D eigenvalue weighted by Gasteiger charge is 2.28. The second kappa shape index (κ2) is 7.45. The molecular formula is C16H26ClN3O. The Kier molecular flexibility index (Phi) is 5.88. The van der Waals surface area contributed by atoms with Crippen LogP contribution in [0, 0.1) is 0 Å². The predicted octanol–water partition coefficient (Wildman–Crippen LogP) is 3.12. The Hall–Kier alpha value is -0.810. The average molecular weight is 312 g/mol. The number of benzene rings is 1. The molecule has 3 N–H and O–H groups in total. The summed E-state index contributed by atoms with van der Waals surface area (Å²) in [6, 6.07) is 6.65. The van der Waals surface area contributed by atoms with Crippen LogP contribution in [0.3, 0.4) is 0 Å². The lowest BCUT2D eigenvalue weighted by molar-refractivity contribution is 0.0301. The van der Waals surface area contributed by atoms with Crippen molar-refractivity contribution in [2.45, 2.75) is 51.2 Å².